The van der Waals surface area contributed by atoms with E-state index in [-0.39, 0.29) is 30.6 Å². The van der Waals surface area contributed by atoms with E-state index in [1.165, 1.54) is 11.3 Å². The van der Waals surface area contributed by atoms with Crippen LogP contribution in [0.4, 0.5) is 4.79 Å². The number of Topliss-reactive ketones (excluding diaryl/α,β-unsaturated/α-hetero) is 1. The largest absolute Gasteiger partial charge is 0.458 e. The standard InChI is InChI=1S/C43H58N4O9S/c1-10-34-43(7)38-28(5)36(45-19-20-47(38)41(51)56-43)25(2)24-42(6,52-21-13-14-29-16-17-33(57-29)30-15-11-12-18-44-30)39(27(4)32(48)23-35(49)54-34)55-40-37(50)31(46(8)9)22-26(3)53-40/h11-12,15-18,25-28,31,34,37-40,50H,10,19-24H2,1-9H3/t25-,26-,27+,28-,31+,34+,37-,38-,39-,40?,42+,43-/m1/s1. The summed E-state index contributed by atoms with van der Waals surface area (Å²) in [5, 5.41) is 11.6. The summed E-state index contributed by atoms with van der Waals surface area (Å²) in [4.78, 5) is 56.4. The van der Waals surface area contributed by atoms with Crippen molar-refractivity contribution in [3.05, 3.63) is 41.4 Å². The molecule has 4 aliphatic heterocycles. The van der Waals surface area contributed by atoms with Crippen LogP contribution in [0.15, 0.2) is 41.5 Å². The van der Waals surface area contributed by atoms with Crippen LogP contribution < -0.4 is 0 Å². The van der Waals surface area contributed by atoms with Gasteiger partial charge in [-0.15, -0.1) is 11.3 Å². The maximum atomic E-state index is 14.3. The summed E-state index contributed by atoms with van der Waals surface area (Å²) < 4.78 is 32.0. The van der Waals surface area contributed by atoms with Crippen LogP contribution in [0.1, 0.15) is 79.0 Å². The first-order chi connectivity index (χ1) is 27.1. The molecule has 1 unspecified atom stereocenters. The highest BCUT2D eigenvalue weighted by Crippen LogP contribution is 2.44. The Balaban J connectivity index is 1.39. The van der Waals surface area contributed by atoms with Crippen molar-refractivity contribution in [3.8, 4) is 22.4 Å². The molecule has 1 amide bonds. The zero-order valence-electron chi connectivity index (χ0n) is 34.6. The Morgan fingerprint density at radius 1 is 1.09 bits per heavy atom. The summed E-state index contributed by atoms with van der Waals surface area (Å²) in [7, 11) is 3.80. The molecule has 12 atom stereocenters. The van der Waals surface area contributed by atoms with Crippen molar-refractivity contribution in [3.63, 3.8) is 0 Å². The lowest BCUT2D eigenvalue weighted by Crippen LogP contribution is -2.60. The van der Waals surface area contributed by atoms with Crippen LogP contribution in [0.2, 0.25) is 0 Å². The Bertz CT molecular complexity index is 1860. The van der Waals surface area contributed by atoms with Crippen molar-refractivity contribution < 1.29 is 43.2 Å². The molecule has 0 aliphatic carbocycles. The van der Waals surface area contributed by atoms with Gasteiger partial charge in [-0.3, -0.25) is 24.5 Å². The molecule has 0 radical (unpaired) electrons. The van der Waals surface area contributed by atoms with Crippen molar-refractivity contribution in [1.29, 1.82) is 0 Å². The van der Waals surface area contributed by atoms with Gasteiger partial charge in [-0.05, 0) is 84.3 Å². The molecule has 2 aromatic heterocycles. The minimum absolute atomic E-state index is 0.00925. The average molecular weight is 807 g/mol. The number of hydrogen-bond donors (Lipinski definition) is 1. The lowest BCUT2D eigenvalue weighted by molar-refractivity contribution is -0.296. The smallest absolute Gasteiger partial charge is 0.410 e. The first-order valence-corrected chi connectivity index (χ1v) is 20.9. The van der Waals surface area contributed by atoms with E-state index in [2.05, 4.69) is 23.7 Å². The number of ether oxygens (including phenoxy) is 5. The predicted octanol–water partition coefficient (Wildman–Crippen LogP) is 5.38. The van der Waals surface area contributed by atoms with Gasteiger partial charge in [-0.1, -0.05) is 45.6 Å². The normalized spacial score (nSPS) is 36.4. The molecule has 0 saturated carbocycles. The highest BCUT2D eigenvalue weighted by Gasteiger charge is 2.60. The number of thiophene rings is 1. The molecule has 2 bridgehead atoms. The number of aliphatic hydroxyl groups is 1. The van der Waals surface area contributed by atoms with E-state index in [1.807, 2.05) is 83.9 Å². The number of fused-ring (bicyclic) bond motifs is 1. The molecule has 57 heavy (non-hydrogen) atoms. The van der Waals surface area contributed by atoms with Crippen LogP contribution in [-0.4, -0.2) is 131 Å². The number of carbonyl (C=O) groups excluding carboxylic acids is 3. The molecule has 1 N–H and O–H groups in total. The number of aromatic nitrogens is 1. The monoisotopic (exact) mass is 806 g/mol. The fourth-order valence-corrected chi connectivity index (χ4v) is 10.3. The van der Waals surface area contributed by atoms with Gasteiger partial charge in [0.05, 0.1) is 45.8 Å². The number of likely N-dealkylation sites (N-methyl/N-ethyl adjacent to an activating group) is 1. The zero-order valence-corrected chi connectivity index (χ0v) is 35.4. The number of ketones is 1. The number of carbonyl (C=O) groups is 3. The van der Waals surface area contributed by atoms with Crippen LogP contribution >= 0.6 is 11.3 Å². The second kappa shape index (κ2) is 17.6. The zero-order chi connectivity index (χ0) is 41.2. The number of nitrogens with zero attached hydrogens (tertiary/aromatic N) is 4. The van der Waals surface area contributed by atoms with Crippen LogP contribution in [-0.2, 0) is 33.3 Å². The highest BCUT2D eigenvalue weighted by molar-refractivity contribution is 7.16. The van der Waals surface area contributed by atoms with E-state index in [0.29, 0.717) is 32.4 Å². The molecule has 3 fully saturated rings. The van der Waals surface area contributed by atoms with Gasteiger partial charge < -0.3 is 33.7 Å². The highest BCUT2D eigenvalue weighted by atomic mass is 32.1. The molecule has 3 saturated heterocycles. The minimum atomic E-state index is -1.23. The Morgan fingerprint density at radius 2 is 1.86 bits per heavy atom. The number of rotatable bonds is 7. The van der Waals surface area contributed by atoms with Crippen LogP contribution in [0, 0.1) is 29.6 Å². The molecule has 2 aromatic rings. The molecule has 6 heterocycles. The third-order valence-corrected chi connectivity index (χ3v) is 13.2. The van der Waals surface area contributed by atoms with E-state index in [0.717, 1.165) is 21.2 Å². The van der Waals surface area contributed by atoms with Gasteiger partial charge in [0, 0.05) is 36.3 Å². The fourth-order valence-electron chi connectivity index (χ4n) is 9.39. The van der Waals surface area contributed by atoms with Gasteiger partial charge in [0.2, 0.25) is 0 Å². The molecular formula is C43H58N4O9S. The summed E-state index contributed by atoms with van der Waals surface area (Å²) in [5.74, 6) is 3.83. The summed E-state index contributed by atoms with van der Waals surface area (Å²) in [6, 6.07) is 8.97. The number of esters is 1. The number of aliphatic hydroxyl groups excluding tert-OH is 1. The number of pyridine rings is 1. The Labute approximate surface area is 340 Å². The van der Waals surface area contributed by atoms with Gasteiger partial charge in [0.25, 0.3) is 0 Å². The summed E-state index contributed by atoms with van der Waals surface area (Å²) >= 11 is 1.53. The molecule has 0 aromatic carbocycles. The van der Waals surface area contributed by atoms with E-state index in [1.54, 1.807) is 18.0 Å². The van der Waals surface area contributed by atoms with E-state index in [4.69, 9.17) is 28.7 Å². The predicted molar refractivity (Wildman–Crippen MR) is 216 cm³/mol. The first kappa shape index (κ1) is 42.9. The van der Waals surface area contributed by atoms with Crippen molar-refractivity contribution in [2.24, 2.45) is 22.7 Å². The minimum Gasteiger partial charge on any atom is -0.458 e. The first-order valence-electron chi connectivity index (χ1n) is 20.1. The summed E-state index contributed by atoms with van der Waals surface area (Å²) in [5.41, 5.74) is -0.682. The summed E-state index contributed by atoms with van der Waals surface area (Å²) in [6.45, 7) is 14.0. The van der Waals surface area contributed by atoms with E-state index in [9.17, 15) is 19.5 Å². The number of cyclic esters (lactones) is 1. The molecule has 6 rings (SSSR count). The average Bonchev–Trinajstić information content (AvgIpc) is 3.69. The fraction of sp³-hybridized carbons (Fsp3) is 0.651. The van der Waals surface area contributed by atoms with Gasteiger partial charge in [0.15, 0.2) is 11.9 Å². The van der Waals surface area contributed by atoms with Crippen LogP contribution in [0.25, 0.3) is 10.6 Å². The van der Waals surface area contributed by atoms with Crippen LogP contribution in [0.5, 0.6) is 0 Å². The molecule has 14 heteroatoms. The van der Waals surface area contributed by atoms with Crippen LogP contribution in [0.3, 0.4) is 0 Å². The van der Waals surface area contributed by atoms with Gasteiger partial charge >= 0.3 is 12.1 Å². The molecular weight excluding hydrogens is 749 g/mol. The Kier molecular flexibility index (Phi) is 13.3. The lowest BCUT2D eigenvalue weighted by atomic mass is 9.73. The SMILES string of the molecule is CC[C@@H]1OC(=O)CC(=O)[C@H](C)[C@@H](OC2O[C@H](C)C[C@H](N(C)C)[C@H]2O)[C@@](C)(OCC#Cc2ccc(-c3ccccn3)s2)C[C@@H](C)C2=NCCN3C(=O)O[C@@]1(C)[C@H]3[C@@H]2C. The summed E-state index contributed by atoms with van der Waals surface area (Å²) in [6.07, 6.45) is -2.15. The van der Waals surface area contributed by atoms with Gasteiger partial charge in [-0.2, -0.15) is 0 Å². The molecule has 310 valence electrons. The number of aliphatic imine (C=N–C) groups is 1. The van der Waals surface area contributed by atoms with E-state index >= 15 is 0 Å². The second-order valence-electron chi connectivity index (χ2n) is 16.6. The van der Waals surface area contributed by atoms with Crippen molar-refractivity contribution in [1.82, 2.24) is 14.8 Å². The number of amides is 1. The third kappa shape index (κ3) is 8.99. The molecule has 4 aliphatic rings. The quantitative estimate of drug-likeness (QED) is 0.219. The lowest BCUT2D eigenvalue weighted by Gasteiger charge is -2.47. The third-order valence-electron chi connectivity index (χ3n) is 12.2. The Morgan fingerprint density at radius 3 is 2.56 bits per heavy atom. The Hall–Kier alpha value is -3.71. The van der Waals surface area contributed by atoms with Crippen molar-refractivity contribution >= 4 is 34.9 Å². The van der Waals surface area contributed by atoms with Gasteiger partial charge in [0.1, 0.15) is 31.0 Å². The maximum absolute atomic E-state index is 14.3. The maximum Gasteiger partial charge on any atom is 0.410 e. The number of hydrogen-bond acceptors (Lipinski definition) is 13. The second-order valence-corrected chi connectivity index (χ2v) is 17.7. The topological polar surface area (TPSA) is 149 Å². The van der Waals surface area contributed by atoms with Crippen molar-refractivity contribution in [2.45, 2.75) is 128 Å². The molecule has 0 spiro atoms. The van der Waals surface area contributed by atoms with Crippen molar-refractivity contribution in [2.75, 3.05) is 33.8 Å². The van der Waals surface area contributed by atoms with Gasteiger partial charge in [-0.25, -0.2) is 4.79 Å². The van der Waals surface area contributed by atoms with E-state index < -0.39 is 72.0 Å². The molecule has 13 nitrogen and oxygen atoms in total.